The summed E-state index contributed by atoms with van der Waals surface area (Å²) in [5.74, 6) is 0.721. The topological polar surface area (TPSA) is 58.7 Å². The van der Waals surface area contributed by atoms with E-state index in [0.29, 0.717) is 19.5 Å². The molecule has 0 saturated heterocycles. The molecule has 2 amide bonds. The Morgan fingerprint density at radius 1 is 1.14 bits per heavy atom. The van der Waals surface area contributed by atoms with Crippen LogP contribution >= 0.6 is 0 Å². The number of nitrogens with zero attached hydrogens (tertiary/aromatic N) is 3. The number of furan rings is 1. The summed E-state index contributed by atoms with van der Waals surface area (Å²) in [6.45, 7) is 7.07. The van der Waals surface area contributed by atoms with Crippen molar-refractivity contribution in [3.05, 3.63) is 48.2 Å². The van der Waals surface area contributed by atoms with Gasteiger partial charge in [-0.3, -0.25) is 9.59 Å². The zero-order valence-corrected chi connectivity index (χ0v) is 17.6. The molecule has 2 aromatic heterocycles. The van der Waals surface area contributed by atoms with Gasteiger partial charge >= 0.3 is 0 Å². The van der Waals surface area contributed by atoms with Gasteiger partial charge < -0.3 is 18.8 Å². The third-order valence-electron chi connectivity index (χ3n) is 5.18. The highest BCUT2D eigenvalue weighted by Crippen LogP contribution is 2.14. The number of hydrogen-bond acceptors (Lipinski definition) is 3. The number of carbonyl (C=O) groups excluding carboxylic acids is 2. The van der Waals surface area contributed by atoms with Crippen LogP contribution in [0.2, 0.25) is 0 Å². The summed E-state index contributed by atoms with van der Waals surface area (Å²) in [4.78, 5) is 29.4. The van der Waals surface area contributed by atoms with E-state index in [9.17, 15) is 9.59 Å². The van der Waals surface area contributed by atoms with Crippen LogP contribution in [0.1, 0.15) is 57.9 Å². The first-order chi connectivity index (χ1) is 13.5. The lowest BCUT2D eigenvalue weighted by atomic mass is 10.1. The van der Waals surface area contributed by atoms with E-state index in [2.05, 4.69) is 6.92 Å². The molecule has 2 rings (SSSR count). The Hall–Kier alpha value is -2.50. The SMILES string of the molecule is CCCCC(=O)N(CC(=O)N(Cc1ccco1)Cc1cccn1C)C(C)CC. The maximum atomic E-state index is 13.2. The Morgan fingerprint density at radius 2 is 1.93 bits per heavy atom. The molecule has 0 aliphatic carbocycles. The van der Waals surface area contributed by atoms with Crippen LogP contribution in [0.25, 0.3) is 0 Å². The molecule has 0 fully saturated rings. The van der Waals surface area contributed by atoms with E-state index in [0.717, 1.165) is 30.7 Å². The summed E-state index contributed by atoms with van der Waals surface area (Å²) in [5.41, 5.74) is 1.03. The molecule has 0 radical (unpaired) electrons. The average molecular weight is 388 g/mol. The lowest BCUT2D eigenvalue weighted by molar-refractivity contribution is -0.143. The fourth-order valence-corrected chi connectivity index (χ4v) is 3.11. The van der Waals surface area contributed by atoms with E-state index in [4.69, 9.17) is 4.42 Å². The van der Waals surface area contributed by atoms with Gasteiger partial charge in [-0.05, 0) is 44.0 Å². The molecule has 1 unspecified atom stereocenters. The van der Waals surface area contributed by atoms with Gasteiger partial charge in [0.1, 0.15) is 12.3 Å². The van der Waals surface area contributed by atoms with Crippen molar-refractivity contribution in [3.63, 3.8) is 0 Å². The van der Waals surface area contributed by atoms with Gasteiger partial charge in [0.05, 0.1) is 19.4 Å². The minimum Gasteiger partial charge on any atom is -0.467 e. The summed E-state index contributed by atoms with van der Waals surface area (Å²) in [7, 11) is 1.96. The smallest absolute Gasteiger partial charge is 0.242 e. The fourth-order valence-electron chi connectivity index (χ4n) is 3.11. The standard InChI is InChI=1S/C22H33N3O3/c1-5-7-12-21(26)25(18(3)6-2)17-22(27)24(16-20-11-9-14-28-20)15-19-10-8-13-23(19)4/h8-11,13-14,18H,5-7,12,15-17H2,1-4H3. The van der Waals surface area contributed by atoms with Crippen LogP contribution in [0, 0.1) is 0 Å². The molecule has 154 valence electrons. The highest BCUT2D eigenvalue weighted by molar-refractivity contribution is 5.85. The molecule has 0 N–H and O–H groups in total. The second kappa shape index (κ2) is 10.7. The van der Waals surface area contributed by atoms with Crippen LogP contribution in [0.3, 0.4) is 0 Å². The van der Waals surface area contributed by atoms with E-state index in [-0.39, 0.29) is 24.4 Å². The van der Waals surface area contributed by atoms with Crippen LogP contribution < -0.4 is 0 Å². The van der Waals surface area contributed by atoms with Gasteiger partial charge in [-0.15, -0.1) is 0 Å². The van der Waals surface area contributed by atoms with Gasteiger partial charge in [0.2, 0.25) is 11.8 Å². The molecule has 1 atom stereocenters. The monoisotopic (exact) mass is 387 g/mol. The Morgan fingerprint density at radius 3 is 2.50 bits per heavy atom. The predicted molar refractivity (Wildman–Crippen MR) is 109 cm³/mol. The second-order valence-electron chi connectivity index (χ2n) is 7.32. The van der Waals surface area contributed by atoms with Crippen LogP contribution in [0.4, 0.5) is 0 Å². The maximum absolute atomic E-state index is 13.2. The fraction of sp³-hybridized carbons (Fsp3) is 0.545. The van der Waals surface area contributed by atoms with Gasteiger partial charge in [-0.1, -0.05) is 20.3 Å². The van der Waals surface area contributed by atoms with Crippen molar-refractivity contribution in [3.8, 4) is 0 Å². The van der Waals surface area contributed by atoms with Crippen molar-refractivity contribution >= 4 is 11.8 Å². The largest absolute Gasteiger partial charge is 0.467 e. The third kappa shape index (κ3) is 6.01. The molecular formula is C22H33N3O3. The quantitative estimate of drug-likeness (QED) is 0.586. The zero-order chi connectivity index (χ0) is 20.5. The van der Waals surface area contributed by atoms with Crippen molar-refractivity contribution in [2.75, 3.05) is 6.54 Å². The molecule has 0 aliphatic rings. The van der Waals surface area contributed by atoms with Gasteiger partial charge in [0, 0.05) is 31.4 Å². The predicted octanol–water partition coefficient (Wildman–Crippen LogP) is 3.96. The molecule has 0 spiro atoms. The summed E-state index contributed by atoms with van der Waals surface area (Å²) in [6.07, 6.45) is 6.70. The number of aryl methyl sites for hydroxylation is 1. The Kier molecular flexibility index (Phi) is 8.36. The van der Waals surface area contributed by atoms with Gasteiger partial charge in [0.15, 0.2) is 0 Å². The average Bonchev–Trinajstić information content (AvgIpc) is 3.34. The van der Waals surface area contributed by atoms with E-state index in [1.165, 1.54) is 0 Å². The highest BCUT2D eigenvalue weighted by Gasteiger charge is 2.25. The van der Waals surface area contributed by atoms with Crippen molar-refractivity contribution in [2.24, 2.45) is 7.05 Å². The first-order valence-electron chi connectivity index (χ1n) is 10.2. The zero-order valence-electron chi connectivity index (χ0n) is 17.6. The molecule has 0 aliphatic heterocycles. The maximum Gasteiger partial charge on any atom is 0.242 e. The summed E-state index contributed by atoms with van der Waals surface area (Å²) in [6, 6.07) is 7.68. The van der Waals surface area contributed by atoms with Gasteiger partial charge in [-0.25, -0.2) is 0 Å². The van der Waals surface area contributed by atoms with Crippen LogP contribution in [-0.2, 0) is 29.7 Å². The van der Waals surface area contributed by atoms with Crippen LogP contribution in [-0.4, -0.2) is 38.8 Å². The number of carbonyl (C=O) groups is 2. The third-order valence-corrected chi connectivity index (χ3v) is 5.18. The Labute approximate surface area is 168 Å². The molecule has 0 aromatic carbocycles. The number of rotatable bonds is 11. The number of amides is 2. The summed E-state index contributed by atoms with van der Waals surface area (Å²) >= 11 is 0. The molecule has 0 saturated carbocycles. The minimum absolute atomic E-state index is 0.0359. The molecule has 2 heterocycles. The van der Waals surface area contributed by atoms with Crippen molar-refractivity contribution in [1.29, 1.82) is 0 Å². The van der Waals surface area contributed by atoms with Crippen molar-refractivity contribution in [2.45, 2.75) is 65.6 Å². The molecule has 0 bridgehead atoms. The minimum atomic E-state index is -0.0669. The molecule has 6 nitrogen and oxygen atoms in total. The van der Waals surface area contributed by atoms with Crippen molar-refractivity contribution < 1.29 is 14.0 Å². The number of hydrogen-bond donors (Lipinski definition) is 0. The molecule has 6 heteroatoms. The van der Waals surface area contributed by atoms with Gasteiger partial charge in [0.25, 0.3) is 0 Å². The molecular weight excluding hydrogens is 354 g/mol. The van der Waals surface area contributed by atoms with E-state index in [1.807, 2.05) is 55.9 Å². The highest BCUT2D eigenvalue weighted by atomic mass is 16.3. The normalized spacial score (nSPS) is 12.0. The second-order valence-corrected chi connectivity index (χ2v) is 7.32. The first-order valence-corrected chi connectivity index (χ1v) is 10.2. The van der Waals surface area contributed by atoms with E-state index < -0.39 is 0 Å². The molecule has 28 heavy (non-hydrogen) atoms. The van der Waals surface area contributed by atoms with Crippen LogP contribution in [0.15, 0.2) is 41.1 Å². The van der Waals surface area contributed by atoms with E-state index in [1.54, 1.807) is 16.1 Å². The van der Waals surface area contributed by atoms with Crippen LogP contribution in [0.5, 0.6) is 0 Å². The first kappa shape index (κ1) is 21.8. The van der Waals surface area contributed by atoms with Gasteiger partial charge in [-0.2, -0.15) is 0 Å². The summed E-state index contributed by atoms with van der Waals surface area (Å²) in [5, 5.41) is 0. The Bertz CT molecular complexity index is 736. The molecule has 2 aromatic rings. The lowest BCUT2D eigenvalue weighted by Crippen LogP contribution is -2.46. The number of aromatic nitrogens is 1. The lowest BCUT2D eigenvalue weighted by Gasteiger charge is -2.31. The van der Waals surface area contributed by atoms with E-state index >= 15 is 0 Å². The summed E-state index contributed by atoms with van der Waals surface area (Å²) < 4.78 is 7.46. The Balaban J connectivity index is 2.16. The van der Waals surface area contributed by atoms with Crippen molar-refractivity contribution in [1.82, 2.24) is 14.4 Å². The number of unbranched alkanes of at least 4 members (excludes halogenated alkanes) is 1.